The largest absolute Gasteiger partial charge is 0.393 e. The molecule has 19 heavy (non-hydrogen) atoms. The van der Waals surface area contributed by atoms with Gasteiger partial charge in [-0.05, 0) is 65.3 Å². The lowest BCUT2D eigenvalue weighted by Gasteiger charge is -2.34. The van der Waals surface area contributed by atoms with Crippen LogP contribution in [0.1, 0.15) is 39.5 Å². The van der Waals surface area contributed by atoms with Crippen molar-refractivity contribution in [3.8, 4) is 0 Å². The van der Waals surface area contributed by atoms with E-state index in [0.29, 0.717) is 4.99 Å². The normalized spacial score (nSPS) is 19.0. The minimum absolute atomic E-state index is 0.0125. The lowest BCUT2D eigenvalue weighted by molar-refractivity contribution is 0.158. The third-order valence-corrected chi connectivity index (χ3v) is 4.83. The standard InChI is InChI=1S/C15H31N3S/c1-15(2,14(16)19)8-5-9-18-10-6-13(7-11-18)12-17(3)4/h13H,5-12H2,1-4H3,(H2,16,19). The van der Waals surface area contributed by atoms with Crippen molar-refractivity contribution >= 4 is 17.2 Å². The average Bonchev–Trinajstić information content (AvgIpc) is 2.30. The van der Waals surface area contributed by atoms with Crippen LogP contribution < -0.4 is 5.73 Å². The van der Waals surface area contributed by atoms with Crippen molar-refractivity contribution in [3.63, 3.8) is 0 Å². The van der Waals surface area contributed by atoms with E-state index in [4.69, 9.17) is 18.0 Å². The number of hydrogen-bond acceptors (Lipinski definition) is 3. The highest BCUT2D eigenvalue weighted by molar-refractivity contribution is 7.80. The molecular formula is C15H31N3S. The Hall–Kier alpha value is -0.190. The van der Waals surface area contributed by atoms with Crippen LogP contribution in [0.3, 0.4) is 0 Å². The fourth-order valence-corrected chi connectivity index (χ4v) is 2.88. The highest BCUT2D eigenvalue weighted by Gasteiger charge is 2.23. The van der Waals surface area contributed by atoms with E-state index in [1.54, 1.807) is 0 Å². The van der Waals surface area contributed by atoms with Crippen molar-refractivity contribution in [3.05, 3.63) is 0 Å². The third kappa shape index (κ3) is 6.19. The maximum Gasteiger partial charge on any atom is 0.0784 e. The summed E-state index contributed by atoms with van der Waals surface area (Å²) in [4.78, 5) is 5.56. The summed E-state index contributed by atoms with van der Waals surface area (Å²) in [5.74, 6) is 0.888. The molecule has 1 rings (SSSR count). The maximum absolute atomic E-state index is 5.77. The molecular weight excluding hydrogens is 254 g/mol. The molecule has 0 aliphatic carbocycles. The Balaban J connectivity index is 2.18. The van der Waals surface area contributed by atoms with E-state index in [2.05, 4.69) is 37.7 Å². The topological polar surface area (TPSA) is 32.5 Å². The van der Waals surface area contributed by atoms with Crippen molar-refractivity contribution < 1.29 is 0 Å². The maximum atomic E-state index is 5.77. The first kappa shape index (κ1) is 16.9. The van der Waals surface area contributed by atoms with Crippen LogP contribution in [0.25, 0.3) is 0 Å². The van der Waals surface area contributed by atoms with Crippen LogP contribution in [-0.2, 0) is 0 Å². The molecule has 4 heteroatoms. The van der Waals surface area contributed by atoms with E-state index in [0.717, 1.165) is 12.3 Å². The average molecular weight is 286 g/mol. The van der Waals surface area contributed by atoms with Crippen LogP contribution in [0.15, 0.2) is 0 Å². The monoisotopic (exact) mass is 285 g/mol. The molecule has 0 spiro atoms. The molecule has 0 aromatic rings. The van der Waals surface area contributed by atoms with Crippen molar-refractivity contribution in [2.24, 2.45) is 17.1 Å². The summed E-state index contributed by atoms with van der Waals surface area (Å²) in [7, 11) is 4.34. The second-order valence-electron chi connectivity index (χ2n) is 6.90. The molecule has 1 saturated heterocycles. The molecule has 112 valence electrons. The van der Waals surface area contributed by atoms with E-state index < -0.39 is 0 Å². The zero-order valence-corrected chi connectivity index (χ0v) is 13.9. The summed E-state index contributed by atoms with van der Waals surface area (Å²) in [6, 6.07) is 0. The van der Waals surface area contributed by atoms with Gasteiger partial charge in [-0.25, -0.2) is 0 Å². The lowest BCUT2D eigenvalue weighted by atomic mass is 9.87. The SMILES string of the molecule is CN(C)CC1CCN(CCCC(C)(C)C(N)=S)CC1. The molecule has 0 atom stereocenters. The minimum atomic E-state index is 0.0125. The molecule has 3 nitrogen and oxygen atoms in total. The number of likely N-dealkylation sites (tertiary alicyclic amines) is 1. The molecule has 0 amide bonds. The second-order valence-corrected chi connectivity index (χ2v) is 7.34. The second kappa shape index (κ2) is 7.55. The number of nitrogens with zero attached hydrogens (tertiary/aromatic N) is 2. The number of thiocarbonyl (C=S) groups is 1. The molecule has 1 aliphatic heterocycles. The lowest BCUT2D eigenvalue weighted by Crippen LogP contribution is -2.38. The van der Waals surface area contributed by atoms with Crippen LogP contribution >= 0.6 is 12.2 Å². The van der Waals surface area contributed by atoms with Crippen molar-refractivity contribution in [1.29, 1.82) is 0 Å². The summed E-state index contributed by atoms with van der Waals surface area (Å²) in [5.41, 5.74) is 5.78. The van der Waals surface area contributed by atoms with Crippen molar-refractivity contribution in [2.75, 3.05) is 40.3 Å². The Bertz CT molecular complexity index is 281. The summed E-state index contributed by atoms with van der Waals surface area (Å²) in [6.45, 7) is 9.25. The van der Waals surface area contributed by atoms with Crippen molar-refractivity contribution in [2.45, 2.75) is 39.5 Å². The van der Waals surface area contributed by atoms with Gasteiger partial charge in [-0.15, -0.1) is 0 Å². The van der Waals surface area contributed by atoms with E-state index in [1.807, 2.05) is 0 Å². The summed E-state index contributed by atoms with van der Waals surface area (Å²) >= 11 is 5.12. The highest BCUT2D eigenvalue weighted by atomic mass is 32.1. The number of piperidine rings is 1. The number of hydrogen-bond donors (Lipinski definition) is 1. The molecule has 1 aliphatic rings. The van der Waals surface area contributed by atoms with Crippen molar-refractivity contribution in [1.82, 2.24) is 9.80 Å². The van der Waals surface area contributed by atoms with Gasteiger partial charge in [-0.3, -0.25) is 0 Å². The Morgan fingerprint density at radius 2 is 1.89 bits per heavy atom. The molecule has 2 N–H and O–H groups in total. The van der Waals surface area contributed by atoms with Gasteiger partial charge in [-0.1, -0.05) is 26.1 Å². The smallest absolute Gasteiger partial charge is 0.0784 e. The molecule has 0 bridgehead atoms. The first-order valence-corrected chi connectivity index (χ1v) is 7.89. The van der Waals surface area contributed by atoms with Gasteiger partial charge in [0.25, 0.3) is 0 Å². The van der Waals surface area contributed by atoms with E-state index >= 15 is 0 Å². The minimum Gasteiger partial charge on any atom is -0.393 e. The Morgan fingerprint density at radius 1 is 1.32 bits per heavy atom. The van der Waals surface area contributed by atoms with E-state index in [9.17, 15) is 0 Å². The molecule has 0 radical (unpaired) electrons. The predicted molar refractivity (Wildman–Crippen MR) is 87.5 cm³/mol. The Kier molecular flexibility index (Phi) is 6.71. The first-order chi connectivity index (χ1) is 8.81. The van der Waals surface area contributed by atoms with E-state index in [1.165, 1.54) is 45.4 Å². The van der Waals surface area contributed by atoms with Gasteiger partial charge in [0, 0.05) is 12.0 Å². The van der Waals surface area contributed by atoms with Gasteiger partial charge < -0.3 is 15.5 Å². The summed E-state index contributed by atoms with van der Waals surface area (Å²) in [5, 5.41) is 0. The van der Waals surface area contributed by atoms with E-state index in [-0.39, 0.29) is 5.41 Å². The fourth-order valence-electron chi connectivity index (χ4n) is 2.78. The molecule has 0 aromatic carbocycles. The van der Waals surface area contributed by atoms with Gasteiger partial charge >= 0.3 is 0 Å². The summed E-state index contributed by atoms with van der Waals surface area (Å²) in [6.07, 6.45) is 4.98. The van der Waals surface area contributed by atoms with Gasteiger partial charge in [0.05, 0.1) is 4.99 Å². The summed E-state index contributed by atoms with van der Waals surface area (Å²) < 4.78 is 0. The zero-order chi connectivity index (χ0) is 14.5. The molecule has 1 heterocycles. The highest BCUT2D eigenvalue weighted by Crippen LogP contribution is 2.24. The Morgan fingerprint density at radius 3 is 2.37 bits per heavy atom. The van der Waals surface area contributed by atoms with Gasteiger partial charge in [-0.2, -0.15) is 0 Å². The molecule has 0 saturated carbocycles. The Labute approximate surface area is 124 Å². The van der Waals surface area contributed by atoms with Gasteiger partial charge in [0.1, 0.15) is 0 Å². The molecule has 0 aromatic heterocycles. The quantitative estimate of drug-likeness (QED) is 0.728. The van der Waals surface area contributed by atoms with Crippen LogP contribution in [0.2, 0.25) is 0 Å². The zero-order valence-electron chi connectivity index (χ0n) is 13.1. The van der Waals surface area contributed by atoms with Crippen LogP contribution in [-0.4, -0.2) is 55.1 Å². The fraction of sp³-hybridized carbons (Fsp3) is 0.933. The van der Waals surface area contributed by atoms with Gasteiger partial charge in [0.2, 0.25) is 0 Å². The third-order valence-electron chi connectivity index (χ3n) is 4.27. The molecule has 1 fully saturated rings. The predicted octanol–water partition coefficient (Wildman–Crippen LogP) is 2.35. The van der Waals surface area contributed by atoms with Crippen LogP contribution in [0, 0.1) is 11.3 Å². The molecule has 0 unspecified atom stereocenters. The van der Waals surface area contributed by atoms with Crippen LogP contribution in [0.5, 0.6) is 0 Å². The van der Waals surface area contributed by atoms with Crippen LogP contribution in [0.4, 0.5) is 0 Å². The first-order valence-electron chi connectivity index (χ1n) is 7.48. The number of nitrogens with two attached hydrogens (primary N) is 1. The number of rotatable bonds is 7. The van der Waals surface area contributed by atoms with Gasteiger partial charge in [0.15, 0.2) is 0 Å².